The van der Waals surface area contributed by atoms with E-state index in [1.165, 1.54) is 6.66 Å². The second-order valence-electron chi connectivity index (χ2n) is 1.90. The van der Waals surface area contributed by atoms with Gasteiger partial charge in [0.1, 0.15) is 0 Å². The number of hydrogen-bond acceptors (Lipinski definition) is 2. The van der Waals surface area contributed by atoms with Gasteiger partial charge in [0.25, 0.3) is 0 Å². The number of rotatable bonds is 2. The van der Waals surface area contributed by atoms with E-state index in [0.29, 0.717) is 0 Å². The van der Waals surface area contributed by atoms with Crippen molar-refractivity contribution in [2.75, 3.05) is 6.66 Å². The monoisotopic (exact) mass is 156 g/mol. The molecule has 8 heavy (non-hydrogen) atoms. The van der Waals surface area contributed by atoms with Gasteiger partial charge in [-0.1, -0.05) is 0 Å². The van der Waals surface area contributed by atoms with Gasteiger partial charge in [0.05, 0.1) is 6.10 Å². The third-order valence-electron chi connectivity index (χ3n) is 0.399. The van der Waals surface area contributed by atoms with Crippen molar-refractivity contribution in [1.29, 1.82) is 0 Å². The van der Waals surface area contributed by atoms with Gasteiger partial charge in [0, 0.05) is 6.66 Å². The van der Waals surface area contributed by atoms with Gasteiger partial charge in [0.2, 0.25) is 6.58 Å². The number of halogens is 1. The Bertz CT molecular complexity index is 109. The highest BCUT2D eigenvalue weighted by Crippen LogP contribution is 2.45. The summed E-state index contributed by atoms with van der Waals surface area (Å²) in [6, 6.07) is 0. The van der Waals surface area contributed by atoms with Crippen LogP contribution in [0.3, 0.4) is 0 Å². The fourth-order valence-electron chi connectivity index (χ4n) is 0.377. The molecule has 0 heterocycles. The van der Waals surface area contributed by atoms with Crippen molar-refractivity contribution < 1.29 is 8.72 Å². The molecule has 0 aliphatic heterocycles. The van der Waals surface area contributed by atoms with Gasteiger partial charge in [-0.2, -0.15) is 4.20 Å². The van der Waals surface area contributed by atoms with Crippen LogP contribution in [-0.2, 0) is 16.3 Å². The fourth-order valence-corrected chi connectivity index (χ4v) is 1.65. The van der Waals surface area contributed by atoms with Crippen LogP contribution < -0.4 is 0 Å². The molecule has 0 saturated carbocycles. The zero-order valence-electron chi connectivity index (χ0n) is 5.22. The largest absolute Gasteiger partial charge is 0.323 e. The van der Waals surface area contributed by atoms with Crippen molar-refractivity contribution in [2.24, 2.45) is 0 Å². The van der Waals surface area contributed by atoms with Gasteiger partial charge < -0.3 is 4.52 Å². The Morgan fingerprint density at radius 2 is 2.00 bits per heavy atom. The average molecular weight is 156 g/mol. The molecule has 1 atom stereocenters. The zero-order valence-corrected chi connectivity index (χ0v) is 6.93. The van der Waals surface area contributed by atoms with Crippen molar-refractivity contribution in [1.82, 2.24) is 0 Å². The quantitative estimate of drug-likeness (QED) is 0.567. The standard InChI is InChI=1S/C4H10FOPS/c1-4(2)6-7(3,5)8/h4H,1-3H3. The molecule has 0 spiro atoms. The highest BCUT2D eigenvalue weighted by Gasteiger charge is 2.08. The van der Waals surface area contributed by atoms with Crippen LogP contribution in [-0.4, -0.2) is 12.8 Å². The molecule has 0 saturated heterocycles. The molecule has 0 aromatic carbocycles. The van der Waals surface area contributed by atoms with Crippen LogP contribution in [0.25, 0.3) is 0 Å². The Morgan fingerprint density at radius 3 is 2.00 bits per heavy atom. The maximum atomic E-state index is 12.3. The van der Waals surface area contributed by atoms with E-state index >= 15 is 0 Å². The first-order chi connectivity index (χ1) is 3.42. The third kappa shape index (κ3) is 6.54. The molecule has 0 rings (SSSR count). The minimum absolute atomic E-state index is 0.0872. The van der Waals surface area contributed by atoms with Crippen LogP contribution in [0.1, 0.15) is 13.8 Å². The van der Waals surface area contributed by atoms with Gasteiger partial charge in [0.15, 0.2) is 0 Å². The lowest BCUT2D eigenvalue weighted by molar-refractivity contribution is 0.256. The summed E-state index contributed by atoms with van der Waals surface area (Å²) in [5.41, 5.74) is 0. The molecule has 50 valence electrons. The summed E-state index contributed by atoms with van der Waals surface area (Å²) in [6.07, 6.45) is -0.0872. The maximum Gasteiger partial charge on any atom is 0.229 e. The van der Waals surface area contributed by atoms with Crippen molar-refractivity contribution in [3.8, 4) is 0 Å². The minimum Gasteiger partial charge on any atom is -0.323 e. The van der Waals surface area contributed by atoms with E-state index in [0.717, 1.165) is 0 Å². The molecule has 0 aromatic rings. The summed E-state index contributed by atoms with van der Waals surface area (Å²) in [6.45, 7) is 1.97. The van der Waals surface area contributed by atoms with Crippen molar-refractivity contribution in [3.63, 3.8) is 0 Å². The van der Waals surface area contributed by atoms with Crippen LogP contribution >= 0.6 is 6.58 Å². The predicted octanol–water partition coefficient (Wildman–Crippen LogP) is 2.32. The Balaban J connectivity index is 3.56. The molecular formula is C4H10FOPS. The van der Waals surface area contributed by atoms with E-state index in [-0.39, 0.29) is 6.10 Å². The Hall–Kier alpha value is 0.540. The lowest BCUT2D eigenvalue weighted by Crippen LogP contribution is -1.96. The second kappa shape index (κ2) is 2.90. The molecule has 0 aromatic heterocycles. The molecule has 0 aliphatic carbocycles. The first-order valence-electron chi connectivity index (χ1n) is 2.37. The average Bonchev–Trinajstić information content (AvgIpc) is 1.21. The third-order valence-corrected chi connectivity index (χ3v) is 1.46. The smallest absolute Gasteiger partial charge is 0.229 e. The van der Waals surface area contributed by atoms with E-state index in [1.807, 2.05) is 0 Å². The van der Waals surface area contributed by atoms with Gasteiger partial charge in [-0.25, -0.2) is 0 Å². The van der Waals surface area contributed by atoms with Crippen molar-refractivity contribution >= 4 is 18.4 Å². The molecule has 0 fully saturated rings. The minimum atomic E-state index is -2.89. The summed E-state index contributed by atoms with van der Waals surface area (Å²) in [7, 11) is 0. The van der Waals surface area contributed by atoms with E-state index < -0.39 is 6.58 Å². The van der Waals surface area contributed by atoms with Gasteiger partial charge in [-0.3, -0.25) is 0 Å². The molecular weight excluding hydrogens is 146 g/mol. The molecule has 1 unspecified atom stereocenters. The highest BCUT2D eigenvalue weighted by molar-refractivity contribution is 8.09. The van der Waals surface area contributed by atoms with E-state index in [4.69, 9.17) is 4.52 Å². The number of hydrogen-bond donors (Lipinski definition) is 0. The van der Waals surface area contributed by atoms with Gasteiger partial charge in [-0.15, -0.1) is 0 Å². The summed E-state index contributed by atoms with van der Waals surface area (Å²) < 4.78 is 17.0. The highest BCUT2D eigenvalue weighted by atomic mass is 32.5. The summed E-state index contributed by atoms with van der Waals surface area (Å²) in [5, 5.41) is 0. The van der Waals surface area contributed by atoms with Crippen LogP contribution in [0.5, 0.6) is 0 Å². The molecule has 0 radical (unpaired) electrons. The van der Waals surface area contributed by atoms with E-state index in [2.05, 4.69) is 11.8 Å². The van der Waals surface area contributed by atoms with Crippen LogP contribution in [0.4, 0.5) is 4.20 Å². The first-order valence-corrected chi connectivity index (χ1v) is 5.43. The fraction of sp³-hybridized carbons (Fsp3) is 1.00. The molecule has 1 nitrogen and oxygen atoms in total. The summed E-state index contributed by atoms with van der Waals surface area (Å²) in [5.74, 6) is 0. The van der Waals surface area contributed by atoms with Crippen molar-refractivity contribution in [2.45, 2.75) is 20.0 Å². The van der Waals surface area contributed by atoms with E-state index in [9.17, 15) is 4.20 Å². The first kappa shape index (κ1) is 8.54. The van der Waals surface area contributed by atoms with Crippen LogP contribution in [0.2, 0.25) is 0 Å². The second-order valence-corrected chi connectivity index (χ2v) is 5.56. The zero-order chi connectivity index (χ0) is 6.78. The van der Waals surface area contributed by atoms with E-state index in [1.54, 1.807) is 13.8 Å². The lowest BCUT2D eigenvalue weighted by Gasteiger charge is -2.09. The Labute approximate surface area is 54.4 Å². The predicted molar refractivity (Wildman–Crippen MR) is 37.5 cm³/mol. The maximum absolute atomic E-state index is 12.3. The lowest BCUT2D eigenvalue weighted by atomic mass is 10.5. The normalized spacial score (nSPS) is 18.6. The molecule has 4 heteroatoms. The van der Waals surface area contributed by atoms with Crippen molar-refractivity contribution in [3.05, 3.63) is 0 Å². The topological polar surface area (TPSA) is 9.23 Å². The van der Waals surface area contributed by atoms with Gasteiger partial charge in [-0.05, 0) is 25.7 Å². The Morgan fingerprint density at radius 1 is 1.62 bits per heavy atom. The summed E-state index contributed by atoms with van der Waals surface area (Å²) in [4.78, 5) is 0. The molecule has 0 bridgehead atoms. The molecule has 0 amide bonds. The van der Waals surface area contributed by atoms with Crippen LogP contribution in [0.15, 0.2) is 0 Å². The molecule has 0 aliphatic rings. The van der Waals surface area contributed by atoms with Crippen LogP contribution in [0, 0.1) is 0 Å². The SMILES string of the molecule is CC(C)OP(C)(F)=S. The molecule has 0 N–H and O–H groups in total. The van der Waals surface area contributed by atoms with Gasteiger partial charge >= 0.3 is 0 Å². The Kier molecular flexibility index (Phi) is 3.10. The summed E-state index contributed by atoms with van der Waals surface area (Å²) >= 11 is 4.38.